The van der Waals surface area contributed by atoms with E-state index in [1.54, 1.807) is 13.0 Å². The summed E-state index contributed by atoms with van der Waals surface area (Å²) in [7, 11) is 0. The number of rotatable bonds is 7. The molecule has 4 rings (SSSR count). The van der Waals surface area contributed by atoms with Gasteiger partial charge in [0.25, 0.3) is 5.91 Å². The number of carbonyl (C=O) groups excluding carboxylic acids is 1. The molecule has 13 heteroatoms. The summed E-state index contributed by atoms with van der Waals surface area (Å²) in [6, 6.07) is 4.03. The molecule has 2 N–H and O–H groups in total. The number of carboxylic acid groups (broad SMARTS) is 1. The van der Waals surface area contributed by atoms with E-state index in [2.05, 4.69) is 20.3 Å². The lowest BCUT2D eigenvalue weighted by molar-refractivity contribution is -0.145. The normalized spacial score (nSPS) is 16.6. The van der Waals surface area contributed by atoms with E-state index in [-0.39, 0.29) is 22.1 Å². The summed E-state index contributed by atoms with van der Waals surface area (Å²) in [5.74, 6) is -2.54. The molecule has 0 saturated carbocycles. The van der Waals surface area contributed by atoms with Gasteiger partial charge in [-0.25, -0.2) is 19.7 Å². The third kappa shape index (κ3) is 5.92. The van der Waals surface area contributed by atoms with E-state index in [1.165, 1.54) is 18.3 Å². The molecular weight excluding hydrogens is 489 g/mol. The number of ether oxygens (including phenoxy) is 2. The lowest BCUT2D eigenvalue weighted by Gasteiger charge is -2.17. The topological polar surface area (TPSA) is 124 Å². The molecular formula is C22H19F3N4O5S. The number of alkyl halides is 3. The molecule has 0 spiro atoms. The first-order chi connectivity index (χ1) is 16.6. The Balaban J connectivity index is 1.58. The van der Waals surface area contributed by atoms with E-state index in [1.807, 2.05) is 0 Å². The van der Waals surface area contributed by atoms with Crippen LogP contribution in [0.2, 0.25) is 0 Å². The lowest BCUT2D eigenvalue weighted by atomic mass is 10.1. The predicted octanol–water partition coefficient (Wildman–Crippen LogP) is 3.98. The quantitative estimate of drug-likeness (QED) is 0.491. The Morgan fingerprint density at radius 2 is 1.94 bits per heavy atom. The molecule has 3 heterocycles. The first kappa shape index (κ1) is 24.5. The molecule has 1 fully saturated rings. The second-order valence-corrected chi connectivity index (χ2v) is 8.75. The summed E-state index contributed by atoms with van der Waals surface area (Å²) < 4.78 is 49.4. The van der Waals surface area contributed by atoms with Crippen LogP contribution < -0.4 is 10.1 Å². The summed E-state index contributed by atoms with van der Waals surface area (Å²) in [5.41, 5.74) is 0.964. The Morgan fingerprint density at radius 1 is 1.20 bits per heavy atom. The highest BCUT2D eigenvalue weighted by molar-refractivity contribution is 7.16. The molecule has 1 unspecified atom stereocenters. The van der Waals surface area contributed by atoms with Crippen LogP contribution in [0.25, 0.3) is 10.6 Å². The van der Waals surface area contributed by atoms with E-state index < -0.39 is 29.9 Å². The number of amides is 1. The smallest absolute Gasteiger partial charge is 0.451 e. The average Bonchev–Trinajstić information content (AvgIpc) is 3.51. The van der Waals surface area contributed by atoms with Crippen molar-refractivity contribution in [1.29, 1.82) is 0 Å². The molecule has 1 aromatic carbocycles. The van der Waals surface area contributed by atoms with Crippen molar-refractivity contribution in [3.05, 3.63) is 58.6 Å². The minimum absolute atomic E-state index is 0.0393. The van der Waals surface area contributed by atoms with Crippen LogP contribution in [0.4, 0.5) is 13.2 Å². The van der Waals surface area contributed by atoms with Gasteiger partial charge in [-0.15, -0.1) is 11.3 Å². The van der Waals surface area contributed by atoms with E-state index in [0.717, 1.165) is 23.7 Å². The van der Waals surface area contributed by atoms with Gasteiger partial charge in [-0.05, 0) is 25.1 Å². The number of aromatic nitrogens is 3. The van der Waals surface area contributed by atoms with Crippen LogP contribution in [0.5, 0.6) is 5.75 Å². The Bertz CT molecular complexity index is 1230. The van der Waals surface area contributed by atoms with Gasteiger partial charge in [0.2, 0.25) is 5.82 Å². The van der Waals surface area contributed by atoms with Crippen molar-refractivity contribution in [3.8, 4) is 16.3 Å². The van der Waals surface area contributed by atoms with Crippen molar-refractivity contribution in [3.63, 3.8) is 0 Å². The highest BCUT2D eigenvalue weighted by Gasteiger charge is 2.34. The van der Waals surface area contributed by atoms with Crippen LogP contribution in [-0.4, -0.2) is 51.3 Å². The van der Waals surface area contributed by atoms with Crippen molar-refractivity contribution in [2.75, 3.05) is 13.2 Å². The molecule has 1 aliphatic rings. The lowest BCUT2D eigenvalue weighted by Crippen LogP contribution is -2.27. The maximum absolute atomic E-state index is 13.0. The Hall–Kier alpha value is -3.58. The standard InChI is InChI=1S/C22H19F3N4O5S/c1-11(14-7-27-21(28-8-14)22(23,24)25)29-18(30)12-4-13(19-26-9-17(35-19)20(31)32)6-16(5-12)34-15-2-3-33-10-15/h4-9,11,15H,2-3,10H2,1H3,(H,29,30)(H,31,32)/t11?,15-/m1/s1. The molecule has 0 aliphatic carbocycles. The van der Waals surface area contributed by atoms with Crippen molar-refractivity contribution in [2.45, 2.75) is 31.7 Å². The van der Waals surface area contributed by atoms with Crippen LogP contribution in [0.3, 0.4) is 0 Å². The number of nitrogens with zero attached hydrogens (tertiary/aromatic N) is 3. The zero-order valence-electron chi connectivity index (χ0n) is 18.2. The molecule has 2 aromatic heterocycles. The number of aromatic carboxylic acids is 1. The van der Waals surface area contributed by atoms with Gasteiger partial charge < -0.3 is 19.9 Å². The first-order valence-corrected chi connectivity index (χ1v) is 11.2. The third-order valence-corrected chi connectivity index (χ3v) is 6.13. The zero-order chi connectivity index (χ0) is 25.2. The largest absolute Gasteiger partial charge is 0.488 e. The fraction of sp³-hybridized carbons (Fsp3) is 0.318. The number of nitrogens with one attached hydrogen (secondary N) is 1. The minimum Gasteiger partial charge on any atom is -0.488 e. The molecule has 9 nitrogen and oxygen atoms in total. The van der Waals surface area contributed by atoms with Crippen LogP contribution >= 0.6 is 11.3 Å². The maximum Gasteiger partial charge on any atom is 0.451 e. The Labute approximate surface area is 201 Å². The van der Waals surface area contributed by atoms with Gasteiger partial charge >= 0.3 is 12.1 Å². The highest BCUT2D eigenvalue weighted by Crippen LogP contribution is 2.31. The molecule has 3 aromatic rings. The zero-order valence-corrected chi connectivity index (χ0v) is 19.0. The second kappa shape index (κ2) is 9.96. The number of hydrogen-bond donors (Lipinski definition) is 2. The van der Waals surface area contributed by atoms with Crippen molar-refractivity contribution in [2.24, 2.45) is 0 Å². The van der Waals surface area contributed by atoms with Crippen molar-refractivity contribution >= 4 is 23.2 Å². The van der Waals surface area contributed by atoms with Gasteiger partial charge in [-0.3, -0.25) is 4.79 Å². The maximum atomic E-state index is 13.0. The summed E-state index contributed by atoms with van der Waals surface area (Å²) in [5, 5.41) is 12.3. The molecule has 184 valence electrons. The van der Waals surface area contributed by atoms with Gasteiger partial charge in [0.1, 0.15) is 21.7 Å². The summed E-state index contributed by atoms with van der Waals surface area (Å²) >= 11 is 0.949. The van der Waals surface area contributed by atoms with E-state index in [9.17, 15) is 27.9 Å². The first-order valence-electron chi connectivity index (χ1n) is 10.4. The highest BCUT2D eigenvalue weighted by atomic mass is 32.1. The summed E-state index contributed by atoms with van der Waals surface area (Å²) in [6.07, 6.45) is -0.938. The van der Waals surface area contributed by atoms with Crippen LogP contribution in [0.15, 0.2) is 36.8 Å². The minimum atomic E-state index is -4.66. The molecule has 1 saturated heterocycles. The molecule has 2 atom stereocenters. The molecule has 1 amide bonds. The average molecular weight is 508 g/mol. The predicted molar refractivity (Wildman–Crippen MR) is 117 cm³/mol. The molecule has 0 bridgehead atoms. The fourth-order valence-corrected chi connectivity index (χ4v) is 4.04. The van der Waals surface area contributed by atoms with Gasteiger partial charge in [-0.1, -0.05) is 0 Å². The second-order valence-electron chi connectivity index (χ2n) is 7.72. The van der Waals surface area contributed by atoms with Gasteiger partial charge in [0.15, 0.2) is 0 Å². The molecule has 0 radical (unpaired) electrons. The van der Waals surface area contributed by atoms with E-state index in [0.29, 0.717) is 36.0 Å². The summed E-state index contributed by atoms with van der Waals surface area (Å²) in [4.78, 5) is 35.1. The van der Waals surface area contributed by atoms with Gasteiger partial charge in [0.05, 0.1) is 25.5 Å². The Morgan fingerprint density at radius 3 is 2.54 bits per heavy atom. The fourth-order valence-electron chi connectivity index (χ4n) is 3.30. The number of halogens is 3. The van der Waals surface area contributed by atoms with Crippen LogP contribution in [0.1, 0.15) is 50.8 Å². The van der Waals surface area contributed by atoms with Crippen molar-refractivity contribution < 1.29 is 37.3 Å². The van der Waals surface area contributed by atoms with Gasteiger partial charge in [-0.2, -0.15) is 13.2 Å². The molecule has 1 aliphatic heterocycles. The SMILES string of the molecule is CC(NC(=O)c1cc(O[C@@H]2CCOC2)cc(-c2ncc(C(=O)O)s2)c1)c1cnc(C(F)(F)F)nc1. The number of carboxylic acids is 1. The van der Waals surface area contributed by atoms with Gasteiger partial charge in [0, 0.05) is 35.5 Å². The van der Waals surface area contributed by atoms with Crippen LogP contribution in [-0.2, 0) is 10.9 Å². The molecule has 35 heavy (non-hydrogen) atoms. The third-order valence-electron chi connectivity index (χ3n) is 5.10. The Kier molecular flexibility index (Phi) is 6.98. The van der Waals surface area contributed by atoms with Crippen molar-refractivity contribution in [1.82, 2.24) is 20.3 Å². The number of thiazole rings is 1. The summed E-state index contributed by atoms with van der Waals surface area (Å²) in [6.45, 7) is 2.54. The van der Waals surface area contributed by atoms with E-state index in [4.69, 9.17) is 9.47 Å². The monoisotopic (exact) mass is 508 g/mol. The number of hydrogen-bond acceptors (Lipinski definition) is 8. The van der Waals surface area contributed by atoms with E-state index >= 15 is 0 Å². The number of benzene rings is 1. The van der Waals surface area contributed by atoms with Crippen LogP contribution in [0, 0.1) is 0 Å². The number of carbonyl (C=O) groups is 2.